The van der Waals surface area contributed by atoms with Crippen molar-refractivity contribution in [3.8, 4) is 0 Å². The van der Waals surface area contributed by atoms with Gasteiger partial charge in [-0.15, -0.1) is 0 Å². The molecule has 0 heterocycles. The highest BCUT2D eigenvalue weighted by molar-refractivity contribution is 5.14. The second-order valence-corrected chi connectivity index (χ2v) is 4.93. The molecule has 0 bridgehead atoms. The minimum Gasteiger partial charge on any atom is -0.785 e. The predicted molar refractivity (Wildman–Crippen MR) is 78.5 cm³/mol. The molecule has 1 aromatic rings. The van der Waals surface area contributed by atoms with E-state index in [0.29, 0.717) is 13.1 Å². The van der Waals surface area contributed by atoms with E-state index in [0.717, 1.165) is 12.8 Å². The fourth-order valence-corrected chi connectivity index (χ4v) is 2.08. The van der Waals surface area contributed by atoms with Crippen molar-refractivity contribution < 1.29 is 0 Å². The van der Waals surface area contributed by atoms with Gasteiger partial charge in [0.1, 0.15) is 0 Å². The molecule has 0 spiro atoms. The van der Waals surface area contributed by atoms with E-state index in [1.54, 1.807) is 0 Å². The van der Waals surface area contributed by atoms with E-state index >= 15 is 0 Å². The second kappa shape index (κ2) is 10.1. The maximum atomic E-state index is 11.6. The number of hydrogen-bond acceptors (Lipinski definition) is 2. The van der Waals surface area contributed by atoms with Crippen molar-refractivity contribution in [3.63, 3.8) is 0 Å². The van der Waals surface area contributed by atoms with Crippen LogP contribution < -0.4 is 0 Å². The van der Waals surface area contributed by atoms with E-state index in [2.05, 4.69) is 19.1 Å². The van der Waals surface area contributed by atoms with Crippen molar-refractivity contribution in [1.82, 2.24) is 5.06 Å². The zero-order chi connectivity index (χ0) is 13.1. The van der Waals surface area contributed by atoms with Crippen LogP contribution in [0.2, 0.25) is 0 Å². The van der Waals surface area contributed by atoms with Gasteiger partial charge in [0.15, 0.2) is 0 Å². The molecule has 1 aromatic carbocycles. The molecule has 0 atom stereocenters. The van der Waals surface area contributed by atoms with Crippen LogP contribution in [0, 0.1) is 5.21 Å². The van der Waals surface area contributed by atoms with Crippen LogP contribution in [0.4, 0.5) is 0 Å². The van der Waals surface area contributed by atoms with Gasteiger partial charge in [-0.3, -0.25) is 0 Å². The predicted octanol–water partition coefficient (Wildman–Crippen LogP) is 4.39. The Morgan fingerprint density at radius 3 is 2.28 bits per heavy atom. The largest absolute Gasteiger partial charge is 0.785 e. The fraction of sp³-hybridized carbons (Fsp3) is 0.625. The summed E-state index contributed by atoms with van der Waals surface area (Å²) in [6, 6.07) is 10.2. The molecule has 2 nitrogen and oxygen atoms in total. The van der Waals surface area contributed by atoms with Crippen molar-refractivity contribution in [2.45, 2.75) is 51.9 Å². The minimum absolute atomic E-state index is 0.624. The van der Waals surface area contributed by atoms with Crippen LogP contribution in [0.5, 0.6) is 0 Å². The first-order valence-corrected chi connectivity index (χ1v) is 7.29. The summed E-state index contributed by atoms with van der Waals surface area (Å²) in [4.78, 5) is 0. The number of rotatable bonds is 10. The van der Waals surface area contributed by atoms with Gasteiger partial charge >= 0.3 is 0 Å². The Morgan fingerprint density at radius 1 is 0.889 bits per heavy atom. The molecular formula is C16H26NO-. The molecule has 2 heteroatoms. The average Bonchev–Trinajstić information content (AvgIpc) is 2.41. The molecule has 1 rings (SSSR count). The molecule has 0 saturated heterocycles. The number of nitrogens with zero attached hydrogens (tertiary/aromatic N) is 1. The van der Waals surface area contributed by atoms with Crippen molar-refractivity contribution in [3.05, 3.63) is 41.1 Å². The van der Waals surface area contributed by atoms with E-state index in [-0.39, 0.29) is 0 Å². The van der Waals surface area contributed by atoms with Gasteiger partial charge in [0.2, 0.25) is 0 Å². The van der Waals surface area contributed by atoms with Crippen molar-refractivity contribution in [2.24, 2.45) is 0 Å². The Balaban J connectivity index is 1.99. The Bertz CT molecular complexity index is 286. The highest BCUT2D eigenvalue weighted by atomic mass is 16.5. The standard InChI is InChI=1S/C16H26NO/c1-2-3-4-5-6-10-14-17(18)15-13-16-11-8-7-9-12-16/h7-9,11-12H,2-6,10,13-15H2,1H3/q-1. The highest BCUT2D eigenvalue weighted by Crippen LogP contribution is 2.06. The van der Waals surface area contributed by atoms with E-state index in [4.69, 9.17) is 0 Å². The lowest BCUT2D eigenvalue weighted by Gasteiger charge is -2.28. The number of hydroxylamine groups is 2. The first-order valence-electron chi connectivity index (χ1n) is 7.29. The molecule has 0 aliphatic heterocycles. The summed E-state index contributed by atoms with van der Waals surface area (Å²) in [6.45, 7) is 3.54. The normalized spacial score (nSPS) is 11.1. The van der Waals surface area contributed by atoms with Crippen molar-refractivity contribution in [2.75, 3.05) is 13.1 Å². The van der Waals surface area contributed by atoms with Gasteiger partial charge in [0.05, 0.1) is 0 Å². The third kappa shape index (κ3) is 7.46. The summed E-state index contributed by atoms with van der Waals surface area (Å²) < 4.78 is 0. The lowest BCUT2D eigenvalue weighted by atomic mass is 10.1. The highest BCUT2D eigenvalue weighted by Gasteiger charge is 1.95. The molecule has 0 amide bonds. The van der Waals surface area contributed by atoms with E-state index in [1.165, 1.54) is 42.7 Å². The molecule has 102 valence electrons. The van der Waals surface area contributed by atoms with Crippen LogP contribution in [-0.4, -0.2) is 18.2 Å². The summed E-state index contributed by atoms with van der Waals surface area (Å²) in [5.74, 6) is 0. The average molecular weight is 248 g/mol. The molecule has 0 unspecified atom stereocenters. The summed E-state index contributed by atoms with van der Waals surface area (Å²) in [5.41, 5.74) is 1.25. The van der Waals surface area contributed by atoms with Crippen LogP contribution >= 0.6 is 0 Å². The lowest BCUT2D eigenvalue weighted by Crippen LogP contribution is -2.20. The van der Waals surface area contributed by atoms with E-state index in [1.807, 2.05) is 18.2 Å². The van der Waals surface area contributed by atoms with E-state index in [9.17, 15) is 5.21 Å². The van der Waals surface area contributed by atoms with Gasteiger partial charge in [-0.2, -0.15) is 0 Å². The van der Waals surface area contributed by atoms with Crippen LogP contribution in [0.15, 0.2) is 30.3 Å². The zero-order valence-electron chi connectivity index (χ0n) is 11.6. The molecule has 0 saturated carbocycles. The molecule has 18 heavy (non-hydrogen) atoms. The maximum absolute atomic E-state index is 11.6. The molecule has 0 fully saturated rings. The maximum Gasteiger partial charge on any atom is -0.0103 e. The first-order chi connectivity index (χ1) is 8.83. The quantitative estimate of drug-likeness (QED) is 0.453. The second-order valence-electron chi connectivity index (χ2n) is 4.93. The molecule has 0 aliphatic rings. The van der Waals surface area contributed by atoms with E-state index < -0.39 is 0 Å². The van der Waals surface area contributed by atoms with Gasteiger partial charge in [0.25, 0.3) is 0 Å². The third-order valence-electron chi connectivity index (χ3n) is 3.25. The number of benzene rings is 1. The zero-order valence-corrected chi connectivity index (χ0v) is 11.6. The molecule has 0 aliphatic carbocycles. The molecule has 0 N–H and O–H groups in total. The molecule has 0 aromatic heterocycles. The monoisotopic (exact) mass is 248 g/mol. The summed E-state index contributed by atoms with van der Waals surface area (Å²) in [5, 5.41) is 12.8. The van der Waals surface area contributed by atoms with Gasteiger partial charge in [-0.25, -0.2) is 0 Å². The topological polar surface area (TPSA) is 26.3 Å². The molecule has 0 radical (unpaired) electrons. The van der Waals surface area contributed by atoms with Gasteiger partial charge in [-0.1, -0.05) is 69.4 Å². The Kier molecular flexibility index (Phi) is 8.53. The van der Waals surface area contributed by atoms with Crippen LogP contribution in [0.3, 0.4) is 0 Å². The molecular weight excluding hydrogens is 222 g/mol. The Labute approximate surface area is 112 Å². The van der Waals surface area contributed by atoms with Crippen molar-refractivity contribution >= 4 is 0 Å². The number of hydrogen-bond donors (Lipinski definition) is 0. The smallest absolute Gasteiger partial charge is 0.0103 e. The SMILES string of the molecule is CCCCCCCCN([O-])CCc1ccccc1. The van der Waals surface area contributed by atoms with Crippen LogP contribution in [-0.2, 0) is 6.42 Å². The Hall–Kier alpha value is -0.860. The van der Waals surface area contributed by atoms with Crippen molar-refractivity contribution in [1.29, 1.82) is 0 Å². The first kappa shape index (κ1) is 15.2. The van der Waals surface area contributed by atoms with Crippen LogP contribution in [0.1, 0.15) is 51.0 Å². The van der Waals surface area contributed by atoms with Gasteiger partial charge in [-0.05, 0) is 31.5 Å². The van der Waals surface area contributed by atoms with Gasteiger partial charge in [0, 0.05) is 0 Å². The third-order valence-corrected chi connectivity index (χ3v) is 3.25. The Morgan fingerprint density at radius 2 is 1.56 bits per heavy atom. The number of unbranched alkanes of at least 4 members (excludes halogenated alkanes) is 5. The fourth-order valence-electron chi connectivity index (χ4n) is 2.08. The lowest BCUT2D eigenvalue weighted by molar-refractivity contribution is 0.367. The summed E-state index contributed by atoms with van der Waals surface area (Å²) in [7, 11) is 0. The van der Waals surface area contributed by atoms with Gasteiger partial charge < -0.3 is 10.3 Å². The summed E-state index contributed by atoms with van der Waals surface area (Å²) in [6.07, 6.45) is 8.31. The summed E-state index contributed by atoms with van der Waals surface area (Å²) >= 11 is 0. The minimum atomic E-state index is 0.624. The van der Waals surface area contributed by atoms with Crippen LogP contribution in [0.25, 0.3) is 0 Å².